The third kappa shape index (κ3) is 3.98. The van der Waals surface area contributed by atoms with Gasteiger partial charge in [0.15, 0.2) is 0 Å². The van der Waals surface area contributed by atoms with E-state index in [1.165, 1.54) is 0 Å². The number of carbonyl (C=O) groups excluding carboxylic acids is 1. The molecule has 1 rings (SSSR count). The van der Waals surface area contributed by atoms with E-state index in [0.29, 0.717) is 5.02 Å². The Bertz CT molecular complexity index is 436. The van der Waals surface area contributed by atoms with Gasteiger partial charge in [-0.25, -0.2) is 0 Å². The highest BCUT2D eigenvalue weighted by molar-refractivity contribution is 7.80. The Morgan fingerprint density at radius 1 is 1.59 bits per heavy atom. The predicted molar refractivity (Wildman–Crippen MR) is 74.0 cm³/mol. The molecule has 0 bridgehead atoms. The summed E-state index contributed by atoms with van der Waals surface area (Å²) >= 11 is 10.6. The van der Waals surface area contributed by atoms with Crippen LogP contribution in [0.3, 0.4) is 0 Å². The van der Waals surface area contributed by atoms with Crippen LogP contribution in [0.25, 0.3) is 0 Å². The summed E-state index contributed by atoms with van der Waals surface area (Å²) in [7, 11) is 1.73. The molecule has 0 aliphatic rings. The van der Waals surface area contributed by atoms with E-state index >= 15 is 0 Å². The van der Waals surface area contributed by atoms with Gasteiger partial charge in [-0.3, -0.25) is 4.79 Å². The first kappa shape index (κ1) is 13.9. The summed E-state index contributed by atoms with van der Waals surface area (Å²) in [4.78, 5) is 13.6. The fraction of sp³-hybridized carbons (Fsp3) is 0.333. The maximum atomic E-state index is 11.8. The second-order valence-electron chi connectivity index (χ2n) is 3.88. The molecule has 1 amide bonds. The van der Waals surface area contributed by atoms with Crippen molar-refractivity contribution in [3.05, 3.63) is 34.9 Å². The minimum Gasteiger partial charge on any atom is -0.393 e. The van der Waals surface area contributed by atoms with Gasteiger partial charge in [0.05, 0.1) is 17.5 Å². The third-order valence-corrected chi connectivity index (χ3v) is 3.01. The van der Waals surface area contributed by atoms with Crippen molar-refractivity contribution in [1.29, 1.82) is 0 Å². The van der Waals surface area contributed by atoms with Gasteiger partial charge in [0.25, 0.3) is 0 Å². The van der Waals surface area contributed by atoms with Gasteiger partial charge in [0.1, 0.15) is 0 Å². The van der Waals surface area contributed by atoms with E-state index in [9.17, 15) is 4.79 Å². The molecule has 3 nitrogen and oxygen atoms in total. The molecule has 0 radical (unpaired) electrons. The number of thiocarbonyl (C=S) groups is 1. The SMILES string of the molecule is CC(c1cccc(Cl)c1)N(C)C(=O)CC(N)=S. The van der Waals surface area contributed by atoms with E-state index in [4.69, 9.17) is 29.6 Å². The van der Waals surface area contributed by atoms with Gasteiger partial charge in [-0.2, -0.15) is 0 Å². The van der Waals surface area contributed by atoms with Crippen LogP contribution < -0.4 is 5.73 Å². The standard InChI is InChI=1S/C12H15ClN2OS/c1-8(9-4-3-5-10(13)6-9)15(2)12(16)7-11(14)17/h3-6,8H,7H2,1-2H3,(H2,14,17). The quantitative estimate of drug-likeness (QED) is 0.856. The molecule has 2 N–H and O–H groups in total. The Labute approximate surface area is 112 Å². The molecular weight excluding hydrogens is 256 g/mol. The summed E-state index contributed by atoms with van der Waals surface area (Å²) in [5.41, 5.74) is 6.34. The average Bonchev–Trinajstić information content (AvgIpc) is 2.26. The average molecular weight is 271 g/mol. The molecule has 1 unspecified atom stereocenters. The molecule has 1 aromatic carbocycles. The van der Waals surface area contributed by atoms with Crippen LogP contribution >= 0.6 is 23.8 Å². The zero-order chi connectivity index (χ0) is 13.0. The Kier molecular flexibility index (Phi) is 4.90. The van der Waals surface area contributed by atoms with Gasteiger partial charge in [-0.15, -0.1) is 0 Å². The first-order chi connectivity index (χ1) is 7.91. The molecule has 92 valence electrons. The zero-order valence-corrected chi connectivity index (χ0v) is 11.4. The van der Waals surface area contributed by atoms with Crippen molar-refractivity contribution in [2.75, 3.05) is 7.05 Å². The number of rotatable bonds is 4. The molecule has 1 aromatic rings. The Balaban J connectivity index is 2.79. The minimum absolute atomic E-state index is 0.0597. The molecule has 0 aliphatic carbocycles. The highest BCUT2D eigenvalue weighted by Crippen LogP contribution is 2.22. The number of nitrogens with zero attached hydrogens (tertiary/aromatic N) is 1. The zero-order valence-electron chi connectivity index (χ0n) is 9.81. The fourth-order valence-corrected chi connectivity index (χ4v) is 1.80. The maximum Gasteiger partial charge on any atom is 0.229 e. The normalized spacial score (nSPS) is 11.9. The predicted octanol–water partition coefficient (Wildman–Crippen LogP) is 2.54. The highest BCUT2D eigenvalue weighted by atomic mass is 35.5. The van der Waals surface area contributed by atoms with Gasteiger partial charge in [0, 0.05) is 12.1 Å². The van der Waals surface area contributed by atoms with Crippen LogP contribution in [0.15, 0.2) is 24.3 Å². The molecule has 0 saturated heterocycles. The highest BCUT2D eigenvalue weighted by Gasteiger charge is 2.17. The monoisotopic (exact) mass is 270 g/mol. The summed E-state index contributed by atoms with van der Waals surface area (Å²) in [6, 6.07) is 7.38. The molecule has 0 spiro atoms. The van der Waals surface area contributed by atoms with Crippen LogP contribution in [-0.4, -0.2) is 22.8 Å². The fourth-order valence-electron chi connectivity index (χ4n) is 1.48. The van der Waals surface area contributed by atoms with E-state index in [0.717, 1.165) is 5.56 Å². The molecule has 0 aliphatic heterocycles. The first-order valence-electron chi connectivity index (χ1n) is 5.21. The Hall–Kier alpha value is -1.13. The van der Waals surface area contributed by atoms with E-state index in [1.54, 1.807) is 18.0 Å². The van der Waals surface area contributed by atoms with Crippen molar-refractivity contribution < 1.29 is 4.79 Å². The second-order valence-corrected chi connectivity index (χ2v) is 4.84. The lowest BCUT2D eigenvalue weighted by molar-refractivity contribution is -0.130. The van der Waals surface area contributed by atoms with Crippen molar-refractivity contribution in [1.82, 2.24) is 4.90 Å². The van der Waals surface area contributed by atoms with Crippen LogP contribution in [0.4, 0.5) is 0 Å². The van der Waals surface area contributed by atoms with Crippen LogP contribution in [0.1, 0.15) is 24.9 Å². The molecule has 0 saturated carbocycles. The van der Waals surface area contributed by atoms with Crippen LogP contribution in [0.2, 0.25) is 5.02 Å². The van der Waals surface area contributed by atoms with Crippen molar-refractivity contribution in [3.63, 3.8) is 0 Å². The second kappa shape index (κ2) is 5.98. The van der Waals surface area contributed by atoms with Gasteiger partial charge in [-0.1, -0.05) is 36.0 Å². The Morgan fingerprint density at radius 3 is 2.76 bits per heavy atom. The number of halogens is 1. The van der Waals surface area contributed by atoms with Crippen molar-refractivity contribution >= 4 is 34.7 Å². The minimum atomic E-state index is -0.0926. The van der Waals surface area contributed by atoms with E-state index in [1.807, 2.05) is 25.1 Å². The number of amides is 1. The van der Waals surface area contributed by atoms with Gasteiger partial charge < -0.3 is 10.6 Å². The molecule has 1 atom stereocenters. The lowest BCUT2D eigenvalue weighted by Crippen LogP contribution is -2.32. The number of benzene rings is 1. The smallest absolute Gasteiger partial charge is 0.229 e. The molecule has 0 fully saturated rings. The van der Waals surface area contributed by atoms with E-state index in [2.05, 4.69) is 0 Å². The van der Waals surface area contributed by atoms with Crippen LogP contribution in [-0.2, 0) is 4.79 Å². The maximum absolute atomic E-state index is 11.8. The van der Waals surface area contributed by atoms with Crippen molar-refractivity contribution in [3.8, 4) is 0 Å². The van der Waals surface area contributed by atoms with Gasteiger partial charge >= 0.3 is 0 Å². The lowest BCUT2D eigenvalue weighted by Gasteiger charge is -2.25. The molecule has 17 heavy (non-hydrogen) atoms. The summed E-state index contributed by atoms with van der Waals surface area (Å²) < 4.78 is 0. The lowest BCUT2D eigenvalue weighted by atomic mass is 10.1. The summed E-state index contributed by atoms with van der Waals surface area (Å²) in [5.74, 6) is -0.0926. The molecular formula is C12H15ClN2OS. The molecule has 5 heteroatoms. The summed E-state index contributed by atoms with van der Waals surface area (Å²) in [5, 5.41) is 0.657. The molecule has 0 heterocycles. The Morgan fingerprint density at radius 2 is 2.24 bits per heavy atom. The van der Waals surface area contributed by atoms with Gasteiger partial charge in [0.2, 0.25) is 5.91 Å². The van der Waals surface area contributed by atoms with E-state index < -0.39 is 0 Å². The van der Waals surface area contributed by atoms with Crippen LogP contribution in [0.5, 0.6) is 0 Å². The summed E-state index contributed by atoms with van der Waals surface area (Å²) in [6.07, 6.45) is 0.0940. The van der Waals surface area contributed by atoms with Crippen LogP contribution in [0, 0.1) is 0 Å². The number of hydrogen-bond donors (Lipinski definition) is 1. The molecule has 0 aromatic heterocycles. The van der Waals surface area contributed by atoms with E-state index in [-0.39, 0.29) is 23.4 Å². The summed E-state index contributed by atoms with van der Waals surface area (Å²) in [6.45, 7) is 1.93. The van der Waals surface area contributed by atoms with Crippen molar-refractivity contribution in [2.45, 2.75) is 19.4 Å². The first-order valence-corrected chi connectivity index (χ1v) is 6.00. The number of carbonyl (C=O) groups is 1. The number of hydrogen-bond acceptors (Lipinski definition) is 2. The van der Waals surface area contributed by atoms with Gasteiger partial charge in [-0.05, 0) is 24.6 Å². The third-order valence-electron chi connectivity index (χ3n) is 2.63. The largest absolute Gasteiger partial charge is 0.393 e. The van der Waals surface area contributed by atoms with Crippen molar-refractivity contribution in [2.24, 2.45) is 5.73 Å². The number of nitrogens with two attached hydrogens (primary N) is 1. The topological polar surface area (TPSA) is 46.3 Å².